The van der Waals surface area contributed by atoms with Crippen molar-refractivity contribution in [3.05, 3.63) is 35.4 Å². The van der Waals surface area contributed by atoms with Crippen molar-refractivity contribution in [2.45, 2.75) is 38.1 Å². The number of carbonyl (C=O) groups excluding carboxylic acids is 1. The van der Waals surface area contributed by atoms with Gasteiger partial charge in [-0.3, -0.25) is 4.79 Å². The summed E-state index contributed by atoms with van der Waals surface area (Å²) in [5, 5.41) is 11.8. The molecule has 0 heterocycles. The van der Waals surface area contributed by atoms with Gasteiger partial charge < -0.3 is 15.3 Å². The minimum absolute atomic E-state index is 0.133. The van der Waals surface area contributed by atoms with Gasteiger partial charge in [0.05, 0.1) is 5.56 Å². The lowest BCUT2D eigenvalue weighted by molar-refractivity contribution is 0.0697. The maximum Gasteiger partial charge on any atom is 0.335 e. The normalized spacial score (nSPS) is 15.2. The van der Waals surface area contributed by atoms with E-state index in [0.29, 0.717) is 18.2 Å². The molecule has 0 unspecified atom stereocenters. The van der Waals surface area contributed by atoms with Crippen molar-refractivity contribution in [2.75, 3.05) is 20.1 Å². The Morgan fingerprint density at radius 1 is 1.27 bits per heavy atom. The van der Waals surface area contributed by atoms with Crippen LogP contribution in [-0.4, -0.2) is 48.1 Å². The first-order valence-corrected chi connectivity index (χ1v) is 7.89. The summed E-state index contributed by atoms with van der Waals surface area (Å²) >= 11 is 0. The Morgan fingerprint density at radius 2 is 1.95 bits per heavy atom. The van der Waals surface area contributed by atoms with E-state index in [4.69, 9.17) is 5.11 Å². The van der Waals surface area contributed by atoms with Crippen LogP contribution in [0.1, 0.15) is 52.8 Å². The van der Waals surface area contributed by atoms with Crippen LogP contribution >= 0.6 is 0 Å². The molecule has 5 heteroatoms. The van der Waals surface area contributed by atoms with Crippen LogP contribution in [0, 0.1) is 0 Å². The molecule has 1 fully saturated rings. The van der Waals surface area contributed by atoms with E-state index in [1.165, 1.54) is 37.8 Å². The van der Waals surface area contributed by atoms with Crippen LogP contribution in [0.2, 0.25) is 0 Å². The van der Waals surface area contributed by atoms with E-state index in [9.17, 15) is 9.59 Å². The second-order valence-electron chi connectivity index (χ2n) is 5.91. The van der Waals surface area contributed by atoms with Crippen molar-refractivity contribution in [3.8, 4) is 0 Å². The number of amides is 1. The molecule has 1 amide bonds. The van der Waals surface area contributed by atoms with Gasteiger partial charge in [0.1, 0.15) is 0 Å². The first-order valence-electron chi connectivity index (χ1n) is 7.89. The molecule has 2 N–H and O–H groups in total. The van der Waals surface area contributed by atoms with E-state index < -0.39 is 5.97 Å². The first kappa shape index (κ1) is 16.5. The molecule has 0 radical (unpaired) electrons. The molecule has 1 aromatic rings. The zero-order chi connectivity index (χ0) is 15.9. The van der Waals surface area contributed by atoms with Gasteiger partial charge in [-0.1, -0.05) is 18.9 Å². The molecule has 0 bridgehead atoms. The molecule has 22 heavy (non-hydrogen) atoms. The summed E-state index contributed by atoms with van der Waals surface area (Å²) in [6.07, 6.45) is 6.12. The highest BCUT2D eigenvalue weighted by atomic mass is 16.4. The highest BCUT2D eigenvalue weighted by Gasteiger charge is 2.18. The molecular formula is C17H24N2O3. The summed E-state index contributed by atoms with van der Waals surface area (Å²) in [5.41, 5.74) is 0.526. The van der Waals surface area contributed by atoms with E-state index in [1.807, 2.05) is 0 Å². The third-order valence-electron chi connectivity index (χ3n) is 4.29. The van der Waals surface area contributed by atoms with Gasteiger partial charge in [-0.2, -0.15) is 0 Å². The Kier molecular flexibility index (Phi) is 5.95. The third-order valence-corrected chi connectivity index (χ3v) is 4.29. The molecule has 0 atom stereocenters. The lowest BCUT2D eigenvalue weighted by Gasteiger charge is -2.23. The van der Waals surface area contributed by atoms with E-state index in [2.05, 4.69) is 17.3 Å². The van der Waals surface area contributed by atoms with Crippen molar-refractivity contribution >= 4 is 11.9 Å². The number of nitrogens with one attached hydrogen (secondary N) is 1. The maximum absolute atomic E-state index is 12.0. The van der Waals surface area contributed by atoms with Crippen LogP contribution in [0.3, 0.4) is 0 Å². The van der Waals surface area contributed by atoms with Crippen molar-refractivity contribution in [3.63, 3.8) is 0 Å². The highest BCUT2D eigenvalue weighted by Crippen LogP contribution is 2.22. The van der Waals surface area contributed by atoms with Crippen molar-refractivity contribution in [1.29, 1.82) is 0 Å². The van der Waals surface area contributed by atoms with Gasteiger partial charge in [-0.15, -0.1) is 0 Å². The minimum atomic E-state index is -1.02. The van der Waals surface area contributed by atoms with E-state index >= 15 is 0 Å². The van der Waals surface area contributed by atoms with Gasteiger partial charge in [0.15, 0.2) is 0 Å². The molecule has 2 rings (SSSR count). The fourth-order valence-corrected chi connectivity index (χ4v) is 2.95. The van der Waals surface area contributed by atoms with Crippen molar-refractivity contribution in [1.82, 2.24) is 10.2 Å². The average Bonchev–Trinajstić information content (AvgIpc) is 3.05. The summed E-state index contributed by atoms with van der Waals surface area (Å²) in [5.74, 6) is -1.24. The SMILES string of the molecule is CN(CCCNC(=O)c1cccc(C(=O)O)c1)C1CCCC1. The molecule has 0 spiro atoms. The average molecular weight is 304 g/mol. The number of carbonyl (C=O) groups is 2. The Labute approximate surface area is 131 Å². The van der Waals surface area contributed by atoms with Gasteiger partial charge in [-0.25, -0.2) is 4.79 Å². The molecule has 120 valence electrons. The zero-order valence-corrected chi connectivity index (χ0v) is 13.0. The van der Waals surface area contributed by atoms with Gasteiger partial charge in [-0.05, 0) is 51.1 Å². The predicted octanol–water partition coefficient (Wildman–Crippen LogP) is 2.38. The largest absolute Gasteiger partial charge is 0.478 e. The number of carboxylic acid groups (broad SMARTS) is 1. The summed E-state index contributed by atoms with van der Waals surface area (Å²) in [6.45, 7) is 1.58. The molecule has 5 nitrogen and oxygen atoms in total. The third kappa shape index (κ3) is 4.56. The topological polar surface area (TPSA) is 69.6 Å². The fraction of sp³-hybridized carbons (Fsp3) is 0.529. The zero-order valence-electron chi connectivity index (χ0n) is 13.0. The van der Waals surface area contributed by atoms with E-state index in [1.54, 1.807) is 12.1 Å². The van der Waals surface area contributed by atoms with Crippen LogP contribution in [-0.2, 0) is 0 Å². The van der Waals surface area contributed by atoms with Gasteiger partial charge in [0, 0.05) is 18.2 Å². The van der Waals surface area contributed by atoms with E-state index in [0.717, 1.165) is 13.0 Å². The van der Waals surface area contributed by atoms with Crippen LogP contribution in [0.15, 0.2) is 24.3 Å². The Hall–Kier alpha value is -1.88. The molecule has 0 aromatic heterocycles. The summed E-state index contributed by atoms with van der Waals surface area (Å²) in [4.78, 5) is 25.3. The second-order valence-corrected chi connectivity index (χ2v) is 5.91. The van der Waals surface area contributed by atoms with Crippen molar-refractivity contribution < 1.29 is 14.7 Å². The Morgan fingerprint density at radius 3 is 2.64 bits per heavy atom. The van der Waals surface area contributed by atoms with Crippen LogP contribution in [0.5, 0.6) is 0 Å². The van der Waals surface area contributed by atoms with Crippen LogP contribution < -0.4 is 5.32 Å². The standard InChI is InChI=1S/C17H24N2O3/c1-19(15-8-2-3-9-15)11-5-10-18-16(20)13-6-4-7-14(12-13)17(21)22/h4,6-7,12,15H,2-3,5,8-11H2,1H3,(H,18,20)(H,21,22). The molecule has 1 saturated carbocycles. The number of hydrogen-bond acceptors (Lipinski definition) is 3. The van der Waals surface area contributed by atoms with Crippen LogP contribution in [0.25, 0.3) is 0 Å². The highest BCUT2D eigenvalue weighted by molar-refractivity contribution is 5.97. The smallest absolute Gasteiger partial charge is 0.335 e. The number of aromatic carboxylic acids is 1. The number of nitrogens with zero attached hydrogens (tertiary/aromatic N) is 1. The van der Waals surface area contributed by atoms with Gasteiger partial charge >= 0.3 is 5.97 Å². The predicted molar refractivity (Wildman–Crippen MR) is 85.2 cm³/mol. The summed E-state index contributed by atoms with van der Waals surface area (Å²) < 4.78 is 0. The molecule has 1 aromatic carbocycles. The number of rotatable bonds is 7. The quantitative estimate of drug-likeness (QED) is 0.759. The van der Waals surface area contributed by atoms with Crippen LogP contribution in [0.4, 0.5) is 0 Å². The van der Waals surface area contributed by atoms with Gasteiger partial charge in [0.2, 0.25) is 0 Å². The fourth-order valence-electron chi connectivity index (χ4n) is 2.95. The molecule has 0 saturated heterocycles. The Balaban J connectivity index is 1.73. The molecule has 1 aliphatic carbocycles. The molecule has 1 aliphatic rings. The second kappa shape index (κ2) is 7.94. The number of benzene rings is 1. The molecule has 0 aliphatic heterocycles. The number of hydrogen-bond donors (Lipinski definition) is 2. The maximum atomic E-state index is 12.0. The summed E-state index contributed by atoms with van der Waals surface area (Å²) in [7, 11) is 2.15. The summed E-state index contributed by atoms with van der Waals surface area (Å²) in [6, 6.07) is 6.80. The number of carboxylic acids is 1. The molecular weight excluding hydrogens is 280 g/mol. The Bertz CT molecular complexity index is 524. The van der Waals surface area contributed by atoms with Gasteiger partial charge in [0.25, 0.3) is 5.91 Å². The minimum Gasteiger partial charge on any atom is -0.478 e. The van der Waals surface area contributed by atoms with Crippen molar-refractivity contribution in [2.24, 2.45) is 0 Å². The first-order chi connectivity index (χ1) is 10.6. The lowest BCUT2D eigenvalue weighted by Crippen LogP contribution is -2.33. The lowest BCUT2D eigenvalue weighted by atomic mass is 10.1. The monoisotopic (exact) mass is 304 g/mol. The van der Waals surface area contributed by atoms with E-state index in [-0.39, 0.29) is 11.5 Å².